The topological polar surface area (TPSA) is 87.3 Å². The number of hydrogen-bond acceptors (Lipinski definition) is 4. The SMILES string of the molecule is CCCNCCNC(=O)c1ccc(NS(=O)(=O)c2ccc(F)c(C)c2)cc1. The lowest BCUT2D eigenvalue weighted by Crippen LogP contribution is -2.32. The number of carbonyl (C=O) groups is 1. The van der Waals surface area contributed by atoms with Gasteiger partial charge in [0.2, 0.25) is 0 Å². The Bertz CT molecular complexity index is 884. The molecule has 0 spiro atoms. The third-order valence-electron chi connectivity index (χ3n) is 3.85. The summed E-state index contributed by atoms with van der Waals surface area (Å²) in [5.74, 6) is -0.689. The molecule has 6 nitrogen and oxygen atoms in total. The first kappa shape index (κ1) is 20.9. The molecule has 0 unspecified atom stereocenters. The molecule has 146 valence electrons. The molecule has 3 N–H and O–H groups in total. The van der Waals surface area contributed by atoms with E-state index < -0.39 is 15.8 Å². The number of hydrogen-bond donors (Lipinski definition) is 3. The standard InChI is InChI=1S/C19H24FN3O3S/c1-3-10-21-11-12-22-19(24)15-4-6-16(7-5-15)23-27(25,26)17-8-9-18(20)14(2)13-17/h4-9,13,21,23H,3,10-12H2,1-2H3,(H,22,24). The van der Waals surface area contributed by atoms with Gasteiger partial charge in [-0.25, -0.2) is 12.8 Å². The molecule has 8 heteroatoms. The summed E-state index contributed by atoms with van der Waals surface area (Å²) in [6, 6.07) is 9.71. The second kappa shape index (κ2) is 9.48. The Labute approximate surface area is 159 Å². The van der Waals surface area contributed by atoms with Crippen LogP contribution < -0.4 is 15.4 Å². The van der Waals surface area contributed by atoms with Gasteiger partial charge in [-0.05, 0) is 67.9 Å². The van der Waals surface area contributed by atoms with Crippen molar-refractivity contribution in [3.63, 3.8) is 0 Å². The Morgan fingerprint density at radius 2 is 1.74 bits per heavy atom. The Morgan fingerprint density at radius 3 is 2.37 bits per heavy atom. The second-order valence-electron chi connectivity index (χ2n) is 6.10. The highest BCUT2D eigenvalue weighted by Crippen LogP contribution is 2.19. The molecular formula is C19H24FN3O3S. The summed E-state index contributed by atoms with van der Waals surface area (Å²) in [4.78, 5) is 12.0. The first-order valence-electron chi connectivity index (χ1n) is 8.71. The molecule has 0 saturated heterocycles. The van der Waals surface area contributed by atoms with E-state index in [0.29, 0.717) is 24.3 Å². The molecule has 0 saturated carbocycles. The molecule has 2 aromatic rings. The molecule has 0 bridgehead atoms. The minimum absolute atomic E-state index is 0.0252. The van der Waals surface area contributed by atoms with E-state index in [1.54, 1.807) is 12.1 Å². The van der Waals surface area contributed by atoms with Gasteiger partial charge in [-0.2, -0.15) is 0 Å². The zero-order valence-corrected chi connectivity index (χ0v) is 16.2. The third kappa shape index (κ3) is 6.04. The maximum atomic E-state index is 13.3. The molecule has 2 aromatic carbocycles. The number of sulfonamides is 1. The smallest absolute Gasteiger partial charge is 0.261 e. The van der Waals surface area contributed by atoms with Crippen molar-refractivity contribution in [3.05, 3.63) is 59.4 Å². The summed E-state index contributed by atoms with van der Waals surface area (Å²) in [6.07, 6.45) is 1.03. The summed E-state index contributed by atoms with van der Waals surface area (Å²) < 4.78 is 40.5. The van der Waals surface area contributed by atoms with Gasteiger partial charge < -0.3 is 10.6 Å². The maximum absolute atomic E-state index is 13.3. The van der Waals surface area contributed by atoms with Crippen molar-refractivity contribution in [2.45, 2.75) is 25.2 Å². The van der Waals surface area contributed by atoms with Crippen LogP contribution in [0.4, 0.5) is 10.1 Å². The van der Waals surface area contributed by atoms with Crippen LogP contribution in [0, 0.1) is 12.7 Å². The van der Waals surface area contributed by atoms with E-state index in [0.717, 1.165) is 19.0 Å². The molecule has 0 aliphatic heterocycles. The van der Waals surface area contributed by atoms with E-state index in [2.05, 4.69) is 22.3 Å². The highest BCUT2D eigenvalue weighted by Gasteiger charge is 2.16. The molecule has 27 heavy (non-hydrogen) atoms. The Hall–Kier alpha value is -2.45. The van der Waals surface area contributed by atoms with Gasteiger partial charge in [-0.1, -0.05) is 6.92 Å². The highest BCUT2D eigenvalue weighted by molar-refractivity contribution is 7.92. The number of rotatable bonds is 9. The number of aryl methyl sites for hydroxylation is 1. The van der Waals surface area contributed by atoms with Crippen molar-refractivity contribution in [1.29, 1.82) is 0 Å². The molecule has 0 aliphatic rings. The third-order valence-corrected chi connectivity index (χ3v) is 5.23. The fraction of sp³-hybridized carbons (Fsp3) is 0.316. The molecule has 1 amide bonds. The van der Waals surface area contributed by atoms with Crippen LogP contribution in [0.2, 0.25) is 0 Å². The van der Waals surface area contributed by atoms with Gasteiger partial charge in [-0.3, -0.25) is 9.52 Å². The van der Waals surface area contributed by atoms with Gasteiger partial charge in [0.15, 0.2) is 0 Å². The molecule has 0 radical (unpaired) electrons. The molecule has 2 rings (SSSR count). The Morgan fingerprint density at radius 1 is 1.04 bits per heavy atom. The molecule has 0 heterocycles. The first-order chi connectivity index (χ1) is 12.8. The van der Waals surface area contributed by atoms with Gasteiger partial charge in [0.05, 0.1) is 4.90 Å². The minimum Gasteiger partial charge on any atom is -0.351 e. The van der Waals surface area contributed by atoms with Crippen molar-refractivity contribution in [1.82, 2.24) is 10.6 Å². The lowest BCUT2D eigenvalue weighted by molar-refractivity contribution is 0.0954. The number of halogens is 1. The van der Waals surface area contributed by atoms with E-state index in [1.165, 1.54) is 31.2 Å². The highest BCUT2D eigenvalue weighted by atomic mass is 32.2. The molecular weight excluding hydrogens is 369 g/mol. The molecule has 0 aliphatic carbocycles. The number of nitrogens with one attached hydrogen (secondary N) is 3. The van der Waals surface area contributed by atoms with E-state index >= 15 is 0 Å². The van der Waals surface area contributed by atoms with Crippen LogP contribution in [0.25, 0.3) is 0 Å². The van der Waals surface area contributed by atoms with Crippen molar-refractivity contribution in [2.24, 2.45) is 0 Å². The largest absolute Gasteiger partial charge is 0.351 e. The van der Waals surface area contributed by atoms with Crippen molar-refractivity contribution < 1.29 is 17.6 Å². The monoisotopic (exact) mass is 393 g/mol. The average Bonchev–Trinajstić information content (AvgIpc) is 2.64. The van der Waals surface area contributed by atoms with Crippen LogP contribution in [0.1, 0.15) is 29.3 Å². The predicted molar refractivity (Wildman–Crippen MR) is 104 cm³/mol. The van der Waals surface area contributed by atoms with E-state index in [-0.39, 0.29) is 16.4 Å². The summed E-state index contributed by atoms with van der Waals surface area (Å²) in [5.41, 5.74) is 1.00. The number of benzene rings is 2. The van der Waals surface area contributed by atoms with Crippen LogP contribution in [-0.4, -0.2) is 34.0 Å². The fourth-order valence-corrected chi connectivity index (χ4v) is 3.50. The predicted octanol–water partition coefficient (Wildman–Crippen LogP) is 2.66. The van der Waals surface area contributed by atoms with Crippen LogP contribution in [0.5, 0.6) is 0 Å². The number of carbonyl (C=O) groups excluding carboxylic acids is 1. The van der Waals surface area contributed by atoms with Crippen molar-refractivity contribution >= 4 is 21.6 Å². The fourth-order valence-electron chi connectivity index (χ4n) is 2.36. The van der Waals surface area contributed by atoms with E-state index in [4.69, 9.17) is 0 Å². The van der Waals surface area contributed by atoms with Gasteiger partial charge in [-0.15, -0.1) is 0 Å². The van der Waals surface area contributed by atoms with Gasteiger partial charge in [0.25, 0.3) is 15.9 Å². The molecule has 0 aromatic heterocycles. The molecule has 0 fully saturated rings. The maximum Gasteiger partial charge on any atom is 0.261 e. The lowest BCUT2D eigenvalue weighted by atomic mass is 10.2. The van der Waals surface area contributed by atoms with Gasteiger partial charge in [0.1, 0.15) is 5.82 Å². The van der Waals surface area contributed by atoms with Crippen LogP contribution in [0.3, 0.4) is 0 Å². The minimum atomic E-state index is -3.83. The summed E-state index contributed by atoms with van der Waals surface area (Å²) in [5, 5.41) is 5.97. The second-order valence-corrected chi connectivity index (χ2v) is 7.78. The van der Waals surface area contributed by atoms with Crippen molar-refractivity contribution in [3.8, 4) is 0 Å². The van der Waals surface area contributed by atoms with Gasteiger partial charge >= 0.3 is 0 Å². The normalized spacial score (nSPS) is 11.2. The van der Waals surface area contributed by atoms with Crippen LogP contribution in [0.15, 0.2) is 47.4 Å². The van der Waals surface area contributed by atoms with Crippen molar-refractivity contribution in [2.75, 3.05) is 24.4 Å². The first-order valence-corrected chi connectivity index (χ1v) is 10.2. The lowest BCUT2D eigenvalue weighted by Gasteiger charge is -2.10. The molecule has 0 atom stereocenters. The summed E-state index contributed by atoms with van der Waals surface area (Å²) >= 11 is 0. The van der Waals surface area contributed by atoms with E-state index in [1.807, 2.05) is 0 Å². The quantitative estimate of drug-likeness (QED) is 0.572. The zero-order valence-electron chi connectivity index (χ0n) is 15.4. The summed E-state index contributed by atoms with van der Waals surface area (Å²) in [7, 11) is -3.83. The van der Waals surface area contributed by atoms with Crippen LogP contribution in [-0.2, 0) is 10.0 Å². The van der Waals surface area contributed by atoms with E-state index in [9.17, 15) is 17.6 Å². The van der Waals surface area contributed by atoms with Gasteiger partial charge in [0, 0.05) is 24.3 Å². The van der Waals surface area contributed by atoms with Crippen LogP contribution >= 0.6 is 0 Å². The average molecular weight is 393 g/mol. The Balaban J connectivity index is 1.98. The number of amides is 1. The Kier molecular flexibility index (Phi) is 7.32. The number of anilines is 1. The zero-order chi connectivity index (χ0) is 19.9. The summed E-state index contributed by atoms with van der Waals surface area (Å²) in [6.45, 7) is 5.67.